The Morgan fingerprint density at radius 1 is 0.788 bits per heavy atom. The van der Waals surface area contributed by atoms with Crippen molar-refractivity contribution in [3.63, 3.8) is 0 Å². The second-order valence-corrected chi connectivity index (χ2v) is 8.39. The van der Waals surface area contributed by atoms with E-state index in [2.05, 4.69) is 20.8 Å². The summed E-state index contributed by atoms with van der Waals surface area (Å²) in [4.78, 5) is 44.4. The number of rotatable bonds is 12. The summed E-state index contributed by atoms with van der Waals surface area (Å²) in [6.45, 7) is 4.41. The molecule has 0 aliphatic heterocycles. The molecule has 1 rings (SSSR count). The Balaban J connectivity index is -0.000000172. The minimum atomic E-state index is -1.23. The predicted molar refractivity (Wildman–Crippen MR) is 113 cm³/mol. The number of hydrogen-bond donors (Lipinski definition) is 5. The van der Waals surface area contributed by atoms with E-state index in [1.165, 1.54) is 12.8 Å². The zero-order valence-corrected chi connectivity index (χ0v) is 24.4. The number of carbonyl (C=O) groups is 4. The van der Waals surface area contributed by atoms with Crippen molar-refractivity contribution in [3.05, 3.63) is 0 Å². The number of aliphatic hydroxyl groups excluding tert-OH is 1. The summed E-state index contributed by atoms with van der Waals surface area (Å²) in [6, 6.07) is 0. The molecule has 3 unspecified atom stereocenters. The maximum atomic E-state index is 10.6. The molecule has 0 amide bonds. The van der Waals surface area contributed by atoms with Gasteiger partial charge in [0, 0.05) is 13.1 Å². The number of aliphatic carboxylic acids is 4. The third kappa shape index (κ3) is 19.7. The van der Waals surface area contributed by atoms with Crippen molar-refractivity contribution in [2.45, 2.75) is 46.1 Å². The summed E-state index contributed by atoms with van der Waals surface area (Å²) < 4.78 is 0. The van der Waals surface area contributed by atoms with Crippen LogP contribution in [0.2, 0.25) is 0 Å². The molecule has 1 aliphatic carbocycles. The van der Waals surface area contributed by atoms with Gasteiger partial charge in [0.25, 0.3) is 0 Å². The van der Waals surface area contributed by atoms with Crippen LogP contribution in [0.1, 0.15) is 42.9 Å². The quantitative estimate of drug-likeness (QED) is 0.163. The minimum absolute atomic E-state index is 0. The van der Waals surface area contributed by atoms with Gasteiger partial charge in [-0.05, 0) is 30.6 Å². The van der Waals surface area contributed by atoms with E-state index in [9.17, 15) is 24.3 Å². The second-order valence-electron chi connectivity index (χ2n) is 8.39. The first-order valence-corrected chi connectivity index (χ1v) is 10.3. The normalized spacial score (nSPS) is 19.7. The van der Waals surface area contributed by atoms with Gasteiger partial charge in [-0.3, -0.25) is 29.0 Å². The molecular formula is C20H38N2Na2O9. The maximum Gasteiger partial charge on any atom is 1.00 e. The Labute approximate surface area is 242 Å². The molecule has 0 radical (unpaired) electrons. The zero-order chi connectivity index (χ0) is 24.1. The van der Waals surface area contributed by atoms with Gasteiger partial charge in [0.05, 0.1) is 32.3 Å². The monoisotopic (exact) mass is 496 g/mol. The van der Waals surface area contributed by atoms with E-state index in [0.717, 1.165) is 22.1 Å². The van der Waals surface area contributed by atoms with Crippen LogP contribution in [0.25, 0.3) is 0 Å². The van der Waals surface area contributed by atoms with Gasteiger partial charge in [-0.1, -0.05) is 27.2 Å². The van der Waals surface area contributed by atoms with Crippen LogP contribution in [0, 0.1) is 17.8 Å². The van der Waals surface area contributed by atoms with Crippen molar-refractivity contribution in [1.29, 1.82) is 0 Å². The summed E-state index contributed by atoms with van der Waals surface area (Å²) in [7, 11) is 0. The third-order valence-electron chi connectivity index (χ3n) is 5.16. The summed E-state index contributed by atoms with van der Waals surface area (Å²) >= 11 is 0. The number of carboxylic acids is 4. The van der Waals surface area contributed by atoms with Crippen molar-refractivity contribution in [1.82, 2.24) is 9.80 Å². The molecule has 0 aromatic heterocycles. The van der Waals surface area contributed by atoms with Crippen LogP contribution >= 0.6 is 0 Å². The van der Waals surface area contributed by atoms with Gasteiger partial charge in [0.15, 0.2) is 0 Å². The Morgan fingerprint density at radius 3 is 1.36 bits per heavy atom. The SMILES string of the molecule is CC1CCC(C(C)C)C(O)C1.O=C(O)CN(CCN(CC(=O)O)CC(=O)O)CC(=O)O.[H-].[H-].[Na+].[Na+]. The van der Waals surface area contributed by atoms with E-state index in [1.807, 2.05) is 0 Å². The number of nitrogens with zero attached hydrogens (tertiary/aromatic N) is 2. The Hall–Kier alpha value is -0.240. The molecule has 11 nitrogen and oxygen atoms in total. The van der Waals surface area contributed by atoms with Crippen molar-refractivity contribution in [2.75, 3.05) is 39.3 Å². The fourth-order valence-corrected chi connectivity index (χ4v) is 3.63. The van der Waals surface area contributed by atoms with Gasteiger partial charge < -0.3 is 28.4 Å². The average molecular weight is 497 g/mol. The molecule has 1 fully saturated rings. The van der Waals surface area contributed by atoms with Crippen molar-refractivity contribution >= 4 is 23.9 Å². The first-order valence-electron chi connectivity index (χ1n) is 10.3. The van der Waals surface area contributed by atoms with E-state index in [4.69, 9.17) is 20.4 Å². The molecule has 0 bridgehead atoms. The summed E-state index contributed by atoms with van der Waals surface area (Å²) in [6.07, 6.45) is 3.52. The van der Waals surface area contributed by atoms with E-state index < -0.39 is 50.1 Å². The van der Waals surface area contributed by atoms with Gasteiger partial charge in [-0.25, -0.2) is 0 Å². The molecular weight excluding hydrogens is 458 g/mol. The first-order chi connectivity index (χ1) is 14.3. The standard InChI is InChI=1S/C10H16N2O8.C10H20O.2Na.2H/c13-7(14)3-11(4-8(15)16)1-2-12(5-9(17)18)6-10(19)20;1-7(2)9-5-4-8(3)6-10(9)11;;;;/h1-6H2,(H,13,14)(H,15,16)(H,17,18)(H,19,20);7-11H,4-6H2,1-3H3;;;;/q;;2*+1;2*-1. The van der Waals surface area contributed by atoms with Crippen molar-refractivity contribution in [2.24, 2.45) is 17.8 Å². The largest absolute Gasteiger partial charge is 1.00 e. The molecule has 1 saturated carbocycles. The Bertz CT molecular complexity index is 551. The number of hydrogen-bond acceptors (Lipinski definition) is 7. The van der Waals surface area contributed by atoms with Crippen LogP contribution in [-0.2, 0) is 19.2 Å². The van der Waals surface area contributed by atoms with Crippen LogP contribution in [0.3, 0.4) is 0 Å². The molecule has 0 aromatic rings. The van der Waals surface area contributed by atoms with Crippen LogP contribution in [-0.4, -0.2) is 105 Å². The summed E-state index contributed by atoms with van der Waals surface area (Å²) in [5.74, 6) is -2.96. The third-order valence-corrected chi connectivity index (χ3v) is 5.16. The van der Waals surface area contributed by atoms with E-state index >= 15 is 0 Å². The van der Waals surface area contributed by atoms with E-state index in [1.54, 1.807) is 0 Å². The van der Waals surface area contributed by atoms with Crippen LogP contribution in [0.5, 0.6) is 0 Å². The number of carboxylic acid groups (broad SMARTS) is 4. The fourth-order valence-electron chi connectivity index (χ4n) is 3.63. The van der Waals surface area contributed by atoms with Gasteiger partial charge in [-0.15, -0.1) is 0 Å². The molecule has 0 spiro atoms. The molecule has 5 N–H and O–H groups in total. The van der Waals surface area contributed by atoms with Gasteiger partial charge >= 0.3 is 83.0 Å². The smallest absolute Gasteiger partial charge is 1.00 e. The molecule has 0 aromatic carbocycles. The molecule has 13 heteroatoms. The molecule has 33 heavy (non-hydrogen) atoms. The van der Waals surface area contributed by atoms with Gasteiger partial charge in [-0.2, -0.15) is 0 Å². The number of aliphatic hydroxyl groups is 1. The minimum Gasteiger partial charge on any atom is -1.00 e. The van der Waals surface area contributed by atoms with Crippen molar-refractivity contribution in [3.8, 4) is 0 Å². The molecule has 1 aliphatic rings. The maximum absolute atomic E-state index is 10.6. The van der Waals surface area contributed by atoms with Crippen molar-refractivity contribution < 1.29 is 107 Å². The van der Waals surface area contributed by atoms with Crippen LogP contribution < -0.4 is 59.1 Å². The molecule has 184 valence electrons. The Morgan fingerprint density at radius 2 is 1.12 bits per heavy atom. The van der Waals surface area contributed by atoms with Crippen LogP contribution in [0.4, 0.5) is 0 Å². The predicted octanol–water partition coefficient (Wildman–Crippen LogP) is -5.40. The average Bonchev–Trinajstić information content (AvgIpc) is 2.57. The zero-order valence-electron chi connectivity index (χ0n) is 22.4. The first kappa shape index (κ1) is 37.3. The molecule has 0 heterocycles. The van der Waals surface area contributed by atoms with E-state index in [-0.39, 0.29) is 81.2 Å². The molecule has 3 atom stereocenters. The Kier molecular flexibility index (Phi) is 22.6. The van der Waals surface area contributed by atoms with E-state index in [0.29, 0.717) is 11.8 Å². The van der Waals surface area contributed by atoms with Crippen LogP contribution in [0.15, 0.2) is 0 Å². The van der Waals surface area contributed by atoms with Gasteiger partial charge in [0.1, 0.15) is 0 Å². The summed E-state index contributed by atoms with van der Waals surface area (Å²) in [5.41, 5.74) is 0. The fraction of sp³-hybridized carbons (Fsp3) is 0.800. The topological polar surface area (TPSA) is 176 Å². The second kappa shape index (κ2) is 20.0. The summed E-state index contributed by atoms with van der Waals surface area (Å²) in [5, 5.41) is 44.2. The molecule has 0 saturated heterocycles. The van der Waals surface area contributed by atoms with Gasteiger partial charge in [0.2, 0.25) is 0 Å².